The van der Waals surface area contributed by atoms with Gasteiger partial charge >= 0.3 is 0 Å². The first-order valence-electron chi connectivity index (χ1n) is 4.21. The maximum Gasteiger partial charge on any atom is 0.270 e. The summed E-state index contributed by atoms with van der Waals surface area (Å²) in [6.45, 7) is 1.91. The molecule has 1 heterocycles. The van der Waals surface area contributed by atoms with Gasteiger partial charge in [-0.3, -0.25) is 4.31 Å². The summed E-state index contributed by atoms with van der Waals surface area (Å²) in [6, 6.07) is 5.48. The Morgan fingerprint density at radius 2 is 2.14 bits per heavy atom. The highest BCUT2D eigenvalue weighted by atomic mass is 32.2. The molecule has 0 aromatic heterocycles. The van der Waals surface area contributed by atoms with Crippen LogP contribution >= 0.6 is 0 Å². The number of hydrogen-bond acceptors (Lipinski definition) is 3. The van der Waals surface area contributed by atoms with Gasteiger partial charge in [-0.1, -0.05) is 6.07 Å². The molecule has 0 aliphatic carbocycles. The second kappa shape index (κ2) is 2.88. The zero-order chi connectivity index (χ0) is 10.3. The van der Waals surface area contributed by atoms with E-state index in [4.69, 9.17) is 4.74 Å². The minimum atomic E-state index is -3.28. The fourth-order valence-electron chi connectivity index (χ4n) is 1.36. The average Bonchev–Trinajstić information content (AvgIpc) is 2.13. The molecule has 76 valence electrons. The first kappa shape index (κ1) is 9.33. The van der Waals surface area contributed by atoms with Crippen molar-refractivity contribution >= 4 is 15.7 Å². The van der Waals surface area contributed by atoms with Crippen molar-refractivity contribution in [1.82, 2.24) is 0 Å². The monoisotopic (exact) mass is 213 g/mol. The quantitative estimate of drug-likeness (QED) is 0.648. The second-order valence-electron chi connectivity index (χ2n) is 3.31. The molecule has 0 N–H and O–H groups in total. The van der Waals surface area contributed by atoms with Crippen LogP contribution in [-0.4, -0.2) is 21.4 Å². The van der Waals surface area contributed by atoms with E-state index in [1.54, 1.807) is 12.1 Å². The van der Waals surface area contributed by atoms with Crippen molar-refractivity contribution in [3.63, 3.8) is 0 Å². The molecule has 1 aromatic rings. The van der Waals surface area contributed by atoms with Crippen molar-refractivity contribution in [2.45, 2.75) is 6.92 Å². The summed E-state index contributed by atoms with van der Waals surface area (Å²) >= 11 is 0. The van der Waals surface area contributed by atoms with Crippen LogP contribution in [0.4, 0.5) is 5.69 Å². The Labute approximate surface area is 83.2 Å². The molecule has 0 spiro atoms. The third-order valence-corrected chi connectivity index (χ3v) is 3.68. The molecule has 1 aliphatic rings. The topological polar surface area (TPSA) is 46.6 Å². The van der Waals surface area contributed by atoms with E-state index < -0.39 is 10.0 Å². The number of anilines is 1. The van der Waals surface area contributed by atoms with Crippen LogP contribution in [0, 0.1) is 6.92 Å². The Balaban J connectivity index is 2.59. The molecule has 1 aliphatic heterocycles. The van der Waals surface area contributed by atoms with Gasteiger partial charge in [0.25, 0.3) is 10.0 Å². The fraction of sp³-hybridized carbons (Fsp3) is 0.333. The molecule has 5 heteroatoms. The molecule has 0 bridgehead atoms. The molecular formula is C9H11NO3S. The molecule has 0 atom stereocenters. The molecule has 0 saturated carbocycles. The van der Waals surface area contributed by atoms with Crippen LogP contribution in [0.25, 0.3) is 0 Å². The molecule has 0 saturated heterocycles. The lowest BCUT2D eigenvalue weighted by atomic mass is 10.2. The van der Waals surface area contributed by atoms with Crippen molar-refractivity contribution < 1.29 is 13.2 Å². The van der Waals surface area contributed by atoms with Gasteiger partial charge in [-0.05, 0) is 24.6 Å². The van der Waals surface area contributed by atoms with E-state index >= 15 is 0 Å². The maximum atomic E-state index is 11.5. The number of aryl methyl sites for hydroxylation is 1. The number of fused-ring (bicyclic) bond motifs is 1. The SMILES string of the molecule is Cc1ccc2c(c1)N(C)S(=O)(=O)CO2. The Kier molecular flexibility index (Phi) is 1.92. The molecular weight excluding hydrogens is 202 g/mol. The molecule has 14 heavy (non-hydrogen) atoms. The minimum Gasteiger partial charge on any atom is -0.474 e. The minimum absolute atomic E-state index is 0.278. The number of rotatable bonds is 0. The number of nitrogens with zero attached hydrogens (tertiary/aromatic N) is 1. The van der Waals surface area contributed by atoms with Crippen molar-refractivity contribution in [2.75, 3.05) is 17.3 Å². The molecule has 1 aromatic carbocycles. The lowest BCUT2D eigenvalue weighted by molar-refractivity contribution is 0.370. The largest absolute Gasteiger partial charge is 0.474 e. The Hall–Kier alpha value is -1.23. The summed E-state index contributed by atoms with van der Waals surface area (Å²) in [6.07, 6.45) is 0. The van der Waals surface area contributed by atoms with Crippen LogP contribution in [0.5, 0.6) is 5.75 Å². The van der Waals surface area contributed by atoms with Crippen LogP contribution in [0.1, 0.15) is 5.56 Å². The predicted molar refractivity (Wildman–Crippen MR) is 54.0 cm³/mol. The zero-order valence-corrected chi connectivity index (χ0v) is 8.84. The third-order valence-electron chi connectivity index (χ3n) is 2.23. The standard InChI is InChI=1S/C9H11NO3S/c1-7-3-4-9-8(5-7)10(2)14(11,12)6-13-9/h3-5H,6H2,1-2H3. The molecule has 4 nitrogen and oxygen atoms in total. The van der Waals surface area contributed by atoms with Gasteiger partial charge in [-0.25, -0.2) is 8.42 Å². The fourth-order valence-corrected chi connectivity index (χ4v) is 2.24. The maximum absolute atomic E-state index is 11.5. The van der Waals surface area contributed by atoms with Crippen LogP contribution in [0.3, 0.4) is 0 Å². The van der Waals surface area contributed by atoms with Gasteiger partial charge < -0.3 is 4.74 Å². The van der Waals surface area contributed by atoms with Crippen molar-refractivity contribution in [2.24, 2.45) is 0 Å². The first-order valence-corrected chi connectivity index (χ1v) is 5.82. The summed E-state index contributed by atoms with van der Waals surface area (Å²) in [5.41, 5.74) is 1.62. The van der Waals surface area contributed by atoms with Gasteiger partial charge in [0.05, 0.1) is 5.69 Å². The van der Waals surface area contributed by atoms with E-state index in [9.17, 15) is 8.42 Å². The molecule has 0 fully saturated rings. The van der Waals surface area contributed by atoms with E-state index in [0.717, 1.165) is 5.56 Å². The summed E-state index contributed by atoms with van der Waals surface area (Å²) in [5.74, 6) is 0.340. The van der Waals surface area contributed by atoms with Gasteiger partial charge in [0.1, 0.15) is 5.75 Å². The Morgan fingerprint density at radius 3 is 2.86 bits per heavy atom. The zero-order valence-electron chi connectivity index (χ0n) is 8.02. The van der Waals surface area contributed by atoms with Crippen LogP contribution in [0.2, 0.25) is 0 Å². The second-order valence-corrected chi connectivity index (χ2v) is 5.26. The highest BCUT2D eigenvalue weighted by molar-refractivity contribution is 7.92. The molecule has 0 unspecified atom stereocenters. The van der Waals surface area contributed by atoms with E-state index in [2.05, 4.69) is 0 Å². The van der Waals surface area contributed by atoms with Gasteiger partial charge in [-0.15, -0.1) is 0 Å². The van der Waals surface area contributed by atoms with Crippen LogP contribution in [0.15, 0.2) is 18.2 Å². The van der Waals surface area contributed by atoms with Crippen LogP contribution < -0.4 is 9.04 Å². The molecule has 0 radical (unpaired) electrons. The first-order chi connectivity index (χ1) is 6.50. The van der Waals surface area contributed by atoms with Gasteiger partial charge in [0, 0.05) is 7.05 Å². The van der Waals surface area contributed by atoms with Gasteiger partial charge in [0.2, 0.25) is 5.94 Å². The number of benzene rings is 1. The number of ether oxygens (including phenoxy) is 1. The lowest BCUT2D eigenvalue weighted by Crippen LogP contribution is -2.35. The van der Waals surface area contributed by atoms with Crippen molar-refractivity contribution in [3.8, 4) is 5.75 Å². The predicted octanol–water partition coefficient (Wildman–Crippen LogP) is 1.11. The van der Waals surface area contributed by atoms with Crippen molar-refractivity contribution in [1.29, 1.82) is 0 Å². The van der Waals surface area contributed by atoms with E-state index in [1.807, 2.05) is 13.0 Å². The van der Waals surface area contributed by atoms with E-state index in [0.29, 0.717) is 11.4 Å². The average molecular weight is 213 g/mol. The Morgan fingerprint density at radius 1 is 1.43 bits per heavy atom. The van der Waals surface area contributed by atoms with E-state index in [-0.39, 0.29) is 5.94 Å². The summed E-state index contributed by atoms with van der Waals surface area (Å²) in [4.78, 5) is 0. The summed E-state index contributed by atoms with van der Waals surface area (Å²) in [5, 5.41) is 0. The summed E-state index contributed by atoms with van der Waals surface area (Å²) in [7, 11) is -1.74. The highest BCUT2D eigenvalue weighted by Gasteiger charge is 2.27. The molecule has 0 amide bonds. The third kappa shape index (κ3) is 1.33. The number of sulfonamides is 1. The van der Waals surface area contributed by atoms with Gasteiger partial charge in [-0.2, -0.15) is 0 Å². The van der Waals surface area contributed by atoms with E-state index in [1.165, 1.54) is 11.4 Å². The smallest absolute Gasteiger partial charge is 0.270 e. The molecule has 2 rings (SSSR count). The highest BCUT2D eigenvalue weighted by Crippen LogP contribution is 2.33. The lowest BCUT2D eigenvalue weighted by Gasteiger charge is -2.27. The van der Waals surface area contributed by atoms with Crippen LogP contribution in [-0.2, 0) is 10.0 Å². The Bertz CT molecular complexity index is 467. The number of hydrogen-bond donors (Lipinski definition) is 0. The summed E-state index contributed by atoms with van der Waals surface area (Å²) < 4.78 is 29.3. The van der Waals surface area contributed by atoms with Gasteiger partial charge in [0.15, 0.2) is 0 Å². The van der Waals surface area contributed by atoms with Crippen molar-refractivity contribution in [3.05, 3.63) is 23.8 Å². The normalized spacial score (nSPS) is 18.6.